The van der Waals surface area contributed by atoms with Gasteiger partial charge in [0.25, 0.3) is 0 Å². The number of carbonyl (C=O) groups excluding carboxylic acids is 3. The maximum Gasteiger partial charge on any atom is 0.306 e. The van der Waals surface area contributed by atoms with Gasteiger partial charge in [-0.15, -0.1) is 0 Å². The number of rotatable bonds is 37. The highest BCUT2D eigenvalue weighted by Crippen LogP contribution is 2.13. The molecular formula is C43H78O6. The largest absolute Gasteiger partial charge is 0.462 e. The molecule has 0 fully saturated rings. The number of esters is 3. The average molecular weight is 691 g/mol. The number of hydrogen-bond acceptors (Lipinski definition) is 6. The van der Waals surface area contributed by atoms with Gasteiger partial charge in [0, 0.05) is 19.3 Å². The average Bonchev–Trinajstić information content (AvgIpc) is 3.10. The van der Waals surface area contributed by atoms with Gasteiger partial charge in [-0.25, -0.2) is 0 Å². The maximum absolute atomic E-state index is 12.6. The Kier molecular flexibility index (Phi) is 37.0. The highest BCUT2D eigenvalue weighted by atomic mass is 16.6. The minimum atomic E-state index is -0.769. The van der Waals surface area contributed by atoms with Gasteiger partial charge in [0.2, 0.25) is 0 Å². The summed E-state index contributed by atoms with van der Waals surface area (Å²) in [4.78, 5) is 37.4. The summed E-state index contributed by atoms with van der Waals surface area (Å²) in [5.74, 6) is -0.907. The van der Waals surface area contributed by atoms with Gasteiger partial charge >= 0.3 is 17.9 Å². The highest BCUT2D eigenvalue weighted by molar-refractivity contribution is 5.71. The molecule has 0 aliphatic rings. The molecular weight excluding hydrogens is 612 g/mol. The van der Waals surface area contributed by atoms with Crippen LogP contribution in [0.1, 0.15) is 213 Å². The number of carbonyl (C=O) groups is 3. The zero-order chi connectivity index (χ0) is 35.9. The monoisotopic (exact) mass is 691 g/mol. The second-order valence-corrected chi connectivity index (χ2v) is 13.9. The lowest BCUT2D eigenvalue weighted by atomic mass is 10.1. The van der Waals surface area contributed by atoms with Crippen molar-refractivity contribution < 1.29 is 28.6 Å². The molecule has 0 aromatic rings. The lowest BCUT2D eigenvalue weighted by Gasteiger charge is -2.18. The molecule has 0 bridgehead atoms. The summed E-state index contributed by atoms with van der Waals surface area (Å²) >= 11 is 0. The minimum Gasteiger partial charge on any atom is -0.462 e. The second-order valence-electron chi connectivity index (χ2n) is 13.9. The predicted molar refractivity (Wildman–Crippen MR) is 206 cm³/mol. The molecule has 0 rings (SSSR count). The first kappa shape index (κ1) is 46.9. The van der Waals surface area contributed by atoms with Gasteiger partial charge in [0.15, 0.2) is 6.10 Å². The molecule has 0 saturated carbocycles. The molecule has 0 heterocycles. The molecule has 6 heteroatoms. The first-order valence-corrected chi connectivity index (χ1v) is 20.8. The van der Waals surface area contributed by atoms with Gasteiger partial charge < -0.3 is 14.2 Å². The van der Waals surface area contributed by atoms with Crippen LogP contribution in [-0.2, 0) is 28.6 Å². The standard InChI is InChI=1S/C43H78O6/c1-4-7-10-13-16-18-20-21-22-23-24-26-27-30-33-36-42(45)48-39-40(38-47-41(44)35-32-29-15-12-9-6-3)49-43(46)37-34-31-28-25-19-17-14-11-8-5-2/h11,14,21-22,40H,4-10,12-13,15-20,23-39H2,1-3H3/b14-11-,22-21-. The lowest BCUT2D eigenvalue weighted by Crippen LogP contribution is -2.30. The van der Waals surface area contributed by atoms with Crippen LogP contribution in [-0.4, -0.2) is 37.2 Å². The molecule has 1 atom stereocenters. The van der Waals surface area contributed by atoms with Crippen molar-refractivity contribution in [2.24, 2.45) is 0 Å². The van der Waals surface area contributed by atoms with Crippen LogP contribution in [0.3, 0.4) is 0 Å². The molecule has 286 valence electrons. The Morgan fingerprint density at radius 3 is 1.10 bits per heavy atom. The van der Waals surface area contributed by atoms with Crippen molar-refractivity contribution in [1.29, 1.82) is 0 Å². The quantitative estimate of drug-likeness (QED) is 0.0279. The molecule has 0 aliphatic carbocycles. The summed E-state index contributed by atoms with van der Waals surface area (Å²) in [5.41, 5.74) is 0. The van der Waals surface area contributed by atoms with Crippen LogP contribution in [0.15, 0.2) is 24.3 Å². The molecule has 49 heavy (non-hydrogen) atoms. The van der Waals surface area contributed by atoms with Crippen molar-refractivity contribution in [2.45, 2.75) is 219 Å². The molecule has 6 nitrogen and oxygen atoms in total. The number of unbranched alkanes of at least 4 members (excludes halogenated alkanes) is 22. The van der Waals surface area contributed by atoms with E-state index in [4.69, 9.17) is 14.2 Å². The Morgan fingerprint density at radius 2 is 0.714 bits per heavy atom. The van der Waals surface area contributed by atoms with E-state index in [1.165, 1.54) is 89.9 Å². The Bertz CT molecular complexity index is 804. The first-order chi connectivity index (χ1) is 24.0. The first-order valence-electron chi connectivity index (χ1n) is 20.8. The van der Waals surface area contributed by atoms with E-state index in [9.17, 15) is 14.4 Å². The van der Waals surface area contributed by atoms with E-state index in [0.29, 0.717) is 19.3 Å². The third-order valence-corrected chi connectivity index (χ3v) is 8.91. The lowest BCUT2D eigenvalue weighted by molar-refractivity contribution is -0.167. The fourth-order valence-electron chi connectivity index (χ4n) is 5.73. The van der Waals surface area contributed by atoms with Gasteiger partial charge in [-0.1, -0.05) is 154 Å². The van der Waals surface area contributed by atoms with E-state index >= 15 is 0 Å². The van der Waals surface area contributed by atoms with Crippen molar-refractivity contribution >= 4 is 17.9 Å². The third-order valence-electron chi connectivity index (χ3n) is 8.91. The van der Waals surface area contributed by atoms with E-state index in [1.54, 1.807) is 0 Å². The molecule has 0 N–H and O–H groups in total. The molecule has 0 radical (unpaired) electrons. The van der Waals surface area contributed by atoms with E-state index in [-0.39, 0.29) is 31.1 Å². The Labute approximate surface area is 303 Å². The minimum absolute atomic E-state index is 0.0767. The topological polar surface area (TPSA) is 78.9 Å². The van der Waals surface area contributed by atoms with Crippen molar-refractivity contribution in [1.82, 2.24) is 0 Å². The van der Waals surface area contributed by atoms with Crippen LogP contribution >= 0.6 is 0 Å². The molecule has 0 aliphatic heterocycles. The number of ether oxygens (including phenoxy) is 3. The maximum atomic E-state index is 12.6. The number of allylic oxidation sites excluding steroid dienone is 4. The summed E-state index contributed by atoms with van der Waals surface area (Å²) in [7, 11) is 0. The van der Waals surface area contributed by atoms with Crippen molar-refractivity contribution in [3.63, 3.8) is 0 Å². The van der Waals surface area contributed by atoms with Gasteiger partial charge in [-0.2, -0.15) is 0 Å². The summed E-state index contributed by atoms with van der Waals surface area (Å²) in [6.45, 7) is 6.48. The fraction of sp³-hybridized carbons (Fsp3) is 0.837. The zero-order valence-electron chi connectivity index (χ0n) is 32.5. The van der Waals surface area contributed by atoms with Crippen LogP contribution < -0.4 is 0 Å². The SMILES string of the molecule is CCC/C=C\CCCCCCCC(=O)OC(COC(=O)CCCCCCCC)COC(=O)CCCCCCC/C=C\CCCCCCCC. The van der Waals surface area contributed by atoms with Crippen molar-refractivity contribution in [2.75, 3.05) is 13.2 Å². The second kappa shape index (κ2) is 38.7. The van der Waals surface area contributed by atoms with Gasteiger partial charge in [0.1, 0.15) is 13.2 Å². The van der Waals surface area contributed by atoms with Crippen LogP contribution in [0.4, 0.5) is 0 Å². The Morgan fingerprint density at radius 1 is 0.388 bits per heavy atom. The molecule has 0 aromatic heterocycles. The Hall–Kier alpha value is -2.11. The number of hydrogen-bond donors (Lipinski definition) is 0. The molecule has 0 amide bonds. The normalized spacial score (nSPS) is 12.1. The zero-order valence-corrected chi connectivity index (χ0v) is 32.5. The molecule has 1 unspecified atom stereocenters. The summed E-state index contributed by atoms with van der Waals surface area (Å²) in [5, 5.41) is 0. The van der Waals surface area contributed by atoms with E-state index in [0.717, 1.165) is 83.5 Å². The molecule has 0 aromatic carbocycles. The van der Waals surface area contributed by atoms with Crippen LogP contribution in [0.5, 0.6) is 0 Å². The van der Waals surface area contributed by atoms with Crippen LogP contribution in [0, 0.1) is 0 Å². The fourth-order valence-corrected chi connectivity index (χ4v) is 5.73. The predicted octanol–water partition coefficient (Wildman–Crippen LogP) is 12.9. The molecule has 0 saturated heterocycles. The van der Waals surface area contributed by atoms with Crippen LogP contribution in [0.25, 0.3) is 0 Å². The summed E-state index contributed by atoms with van der Waals surface area (Å²) in [6, 6.07) is 0. The van der Waals surface area contributed by atoms with Gasteiger partial charge in [-0.3, -0.25) is 14.4 Å². The van der Waals surface area contributed by atoms with Gasteiger partial charge in [-0.05, 0) is 64.2 Å². The third kappa shape index (κ3) is 37.0. The summed E-state index contributed by atoms with van der Waals surface area (Å²) < 4.78 is 16.5. The smallest absolute Gasteiger partial charge is 0.306 e. The van der Waals surface area contributed by atoms with Crippen molar-refractivity contribution in [3.8, 4) is 0 Å². The molecule has 0 spiro atoms. The van der Waals surface area contributed by atoms with Crippen LogP contribution in [0.2, 0.25) is 0 Å². The summed E-state index contributed by atoms with van der Waals surface area (Å²) in [6.07, 6.45) is 40.4. The van der Waals surface area contributed by atoms with E-state index < -0.39 is 6.10 Å². The Balaban J connectivity index is 4.28. The van der Waals surface area contributed by atoms with Gasteiger partial charge in [0.05, 0.1) is 0 Å². The van der Waals surface area contributed by atoms with E-state index in [2.05, 4.69) is 45.1 Å². The van der Waals surface area contributed by atoms with E-state index in [1.807, 2.05) is 0 Å². The highest BCUT2D eigenvalue weighted by Gasteiger charge is 2.19. The van der Waals surface area contributed by atoms with Crippen molar-refractivity contribution in [3.05, 3.63) is 24.3 Å².